The highest BCUT2D eigenvalue weighted by Crippen LogP contribution is 2.23. The van der Waals surface area contributed by atoms with E-state index in [-0.39, 0.29) is 24.7 Å². The Balaban J connectivity index is 2.16. The number of ether oxygens (including phenoxy) is 1. The van der Waals surface area contributed by atoms with Crippen LogP contribution >= 0.6 is 0 Å². The second-order valence-electron chi connectivity index (χ2n) is 9.45. The average molecular weight is 528 g/mol. The van der Waals surface area contributed by atoms with E-state index < -0.39 is 51.7 Å². The average Bonchev–Trinajstić information content (AvgIpc) is 3.21. The fraction of sp³-hybridized carbons (Fsp3) is 0.625. The number of rotatable bonds is 13. The van der Waals surface area contributed by atoms with E-state index in [1.165, 1.54) is 0 Å². The highest BCUT2D eigenvalue weighted by Gasteiger charge is 2.38. The first kappa shape index (κ1) is 29.5. The maximum Gasteiger partial charge on any atom is 0.408 e. The molecular formula is C24H37N3O8S. The zero-order valence-corrected chi connectivity index (χ0v) is 21.7. The van der Waals surface area contributed by atoms with Gasteiger partial charge in [-0.25, -0.2) is 4.79 Å². The number of hydrogen-bond acceptors (Lipinski definition) is 7. The lowest BCUT2D eigenvalue weighted by Crippen LogP contribution is -2.55. The lowest BCUT2D eigenvalue weighted by Gasteiger charge is -2.28. The van der Waals surface area contributed by atoms with Crippen LogP contribution in [0.5, 0.6) is 0 Å². The Kier molecular flexibility index (Phi) is 11.1. The minimum absolute atomic E-state index is 0.0350. The van der Waals surface area contributed by atoms with Crippen LogP contribution in [0.3, 0.4) is 0 Å². The number of carbonyl (C=O) groups is 3. The van der Waals surface area contributed by atoms with Gasteiger partial charge < -0.3 is 25.8 Å². The second-order valence-corrected chi connectivity index (χ2v) is 11.0. The van der Waals surface area contributed by atoms with Gasteiger partial charge in [-0.3, -0.25) is 14.1 Å². The monoisotopic (exact) mass is 527 g/mol. The molecular weight excluding hydrogens is 490 g/mol. The summed E-state index contributed by atoms with van der Waals surface area (Å²) in [4.78, 5) is 37.8. The van der Waals surface area contributed by atoms with Crippen LogP contribution in [0.15, 0.2) is 30.3 Å². The van der Waals surface area contributed by atoms with E-state index in [4.69, 9.17) is 4.74 Å². The molecule has 36 heavy (non-hydrogen) atoms. The zero-order chi connectivity index (χ0) is 26.9. The van der Waals surface area contributed by atoms with Crippen molar-refractivity contribution in [3.63, 3.8) is 0 Å². The largest absolute Gasteiger partial charge is 0.441 e. The van der Waals surface area contributed by atoms with Crippen LogP contribution in [0.4, 0.5) is 4.79 Å². The summed E-state index contributed by atoms with van der Waals surface area (Å²) in [6, 6.07) is 6.62. The van der Waals surface area contributed by atoms with E-state index in [2.05, 4.69) is 16.0 Å². The molecule has 3 amide bonds. The van der Waals surface area contributed by atoms with E-state index >= 15 is 0 Å². The van der Waals surface area contributed by atoms with Gasteiger partial charge >= 0.3 is 6.09 Å². The predicted octanol–water partition coefficient (Wildman–Crippen LogP) is 1.89. The molecule has 0 saturated carbocycles. The molecule has 11 nitrogen and oxygen atoms in total. The molecule has 2 unspecified atom stereocenters. The summed E-state index contributed by atoms with van der Waals surface area (Å²) in [7, 11) is -4.93. The lowest BCUT2D eigenvalue weighted by molar-refractivity contribution is -0.126. The van der Waals surface area contributed by atoms with Gasteiger partial charge in [0.2, 0.25) is 17.3 Å². The Morgan fingerprint density at radius 3 is 2.39 bits per heavy atom. The maximum atomic E-state index is 13.1. The van der Waals surface area contributed by atoms with Crippen molar-refractivity contribution in [3.05, 3.63) is 35.9 Å². The van der Waals surface area contributed by atoms with Gasteiger partial charge in [-0.1, -0.05) is 57.5 Å². The van der Waals surface area contributed by atoms with Gasteiger partial charge in [0.25, 0.3) is 10.1 Å². The summed E-state index contributed by atoms with van der Waals surface area (Å²) >= 11 is 0. The molecule has 0 radical (unpaired) electrons. The standard InChI is InChI=1S/C24H37N3O8S/c1-4-8-20(16-9-6-5-7-10-16)35-24(31)27-18(13-15(2)3)22(29)26-19(23(30)36(32,33)34)14-17-11-12-25-21(17)28/h5-7,9-10,15,17-20,23,30H,4,8,11-14H2,1-3H3,(H,25,28)(H,26,29)(H,27,31)(H,32,33,34)/t17-,18-,19-,20?,23?/m0/s1. The lowest BCUT2D eigenvalue weighted by atomic mass is 9.97. The van der Waals surface area contributed by atoms with Crippen molar-refractivity contribution in [2.24, 2.45) is 11.8 Å². The Morgan fingerprint density at radius 1 is 1.19 bits per heavy atom. The van der Waals surface area contributed by atoms with Crippen LogP contribution in [-0.4, -0.2) is 60.0 Å². The van der Waals surface area contributed by atoms with Crippen LogP contribution in [0.1, 0.15) is 64.5 Å². The SMILES string of the molecule is CCCC(OC(=O)N[C@@H](CC(C)C)C(=O)N[C@@H](C[C@@H]1CCNC1=O)C(O)S(=O)(=O)O)c1ccccc1. The van der Waals surface area contributed by atoms with E-state index in [9.17, 15) is 32.5 Å². The number of alkyl carbamates (subject to hydrolysis) is 1. The molecule has 5 atom stereocenters. The minimum Gasteiger partial charge on any atom is -0.441 e. The van der Waals surface area contributed by atoms with Crippen LogP contribution in [0.25, 0.3) is 0 Å². The third-order valence-corrected chi connectivity index (χ3v) is 6.90. The Bertz CT molecular complexity index is 986. The van der Waals surface area contributed by atoms with Crippen molar-refractivity contribution in [2.45, 2.75) is 76.5 Å². The molecule has 1 saturated heterocycles. The molecule has 202 valence electrons. The molecule has 1 aromatic carbocycles. The number of amides is 3. The van der Waals surface area contributed by atoms with Crippen molar-refractivity contribution in [2.75, 3.05) is 6.54 Å². The highest BCUT2D eigenvalue weighted by molar-refractivity contribution is 7.86. The quantitative estimate of drug-likeness (QED) is 0.242. The molecule has 2 rings (SSSR count). The molecule has 0 aromatic heterocycles. The molecule has 1 aliphatic rings. The van der Waals surface area contributed by atoms with Gasteiger partial charge in [-0.05, 0) is 37.2 Å². The van der Waals surface area contributed by atoms with Crippen molar-refractivity contribution in [1.82, 2.24) is 16.0 Å². The summed E-state index contributed by atoms with van der Waals surface area (Å²) in [5, 5.41) is 17.8. The molecule has 0 bridgehead atoms. The first-order valence-corrected chi connectivity index (χ1v) is 13.7. The first-order chi connectivity index (χ1) is 16.9. The number of benzene rings is 1. The molecule has 1 aromatic rings. The van der Waals surface area contributed by atoms with Gasteiger partial charge in [-0.2, -0.15) is 8.42 Å². The summed E-state index contributed by atoms with van der Waals surface area (Å²) in [5.74, 6) is -1.78. The Labute approximate surface area is 212 Å². The number of hydrogen-bond donors (Lipinski definition) is 5. The van der Waals surface area contributed by atoms with Gasteiger partial charge in [0.1, 0.15) is 12.1 Å². The Hall–Kier alpha value is -2.70. The fourth-order valence-corrected chi connectivity index (χ4v) is 4.74. The third-order valence-electron chi connectivity index (χ3n) is 5.97. The van der Waals surface area contributed by atoms with Gasteiger partial charge in [-0.15, -0.1) is 0 Å². The van der Waals surface area contributed by atoms with Crippen molar-refractivity contribution < 1.29 is 37.2 Å². The normalized spacial score (nSPS) is 19.2. The third kappa shape index (κ3) is 9.07. The molecule has 1 fully saturated rings. The van der Waals surface area contributed by atoms with Crippen molar-refractivity contribution in [1.29, 1.82) is 0 Å². The van der Waals surface area contributed by atoms with Gasteiger partial charge in [0.05, 0.1) is 6.04 Å². The molecule has 12 heteroatoms. The number of carbonyl (C=O) groups excluding carboxylic acids is 3. The summed E-state index contributed by atoms with van der Waals surface area (Å²) in [6.07, 6.45) is 0.376. The van der Waals surface area contributed by atoms with Crippen LogP contribution < -0.4 is 16.0 Å². The number of aliphatic hydroxyl groups excluding tert-OH is 1. The molecule has 0 aliphatic carbocycles. The molecule has 1 heterocycles. The van der Waals surface area contributed by atoms with Crippen LogP contribution in [-0.2, 0) is 24.4 Å². The van der Waals surface area contributed by atoms with Gasteiger partial charge in [0.15, 0.2) is 0 Å². The Morgan fingerprint density at radius 2 is 1.86 bits per heavy atom. The van der Waals surface area contributed by atoms with E-state index in [0.717, 1.165) is 12.0 Å². The van der Waals surface area contributed by atoms with Crippen LogP contribution in [0, 0.1) is 11.8 Å². The topological polar surface area (TPSA) is 171 Å². The van der Waals surface area contributed by atoms with Crippen LogP contribution in [0.2, 0.25) is 0 Å². The highest BCUT2D eigenvalue weighted by atomic mass is 32.2. The minimum atomic E-state index is -4.93. The number of aliphatic hydroxyl groups is 1. The van der Waals surface area contributed by atoms with E-state index in [1.807, 2.05) is 51.1 Å². The maximum absolute atomic E-state index is 13.1. The molecule has 5 N–H and O–H groups in total. The molecule has 0 spiro atoms. The van der Waals surface area contributed by atoms with Crippen molar-refractivity contribution >= 4 is 28.0 Å². The second kappa shape index (κ2) is 13.6. The molecule has 1 aliphatic heterocycles. The first-order valence-electron chi connectivity index (χ1n) is 12.2. The summed E-state index contributed by atoms with van der Waals surface area (Å²) in [6.45, 7) is 6.02. The summed E-state index contributed by atoms with van der Waals surface area (Å²) < 4.78 is 38.2. The fourth-order valence-electron chi connectivity index (χ4n) is 4.15. The predicted molar refractivity (Wildman–Crippen MR) is 132 cm³/mol. The van der Waals surface area contributed by atoms with Crippen molar-refractivity contribution in [3.8, 4) is 0 Å². The zero-order valence-electron chi connectivity index (χ0n) is 20.8. The van der Waals surface area contributed by atoms with E-state index in [0.29, 0.717) is 19.4 Å². The van der Waals surface area contributed by atoms with Gasteiger partial charge in [0, 0.05) is 12.5 Å². The smallest absolute Gasteiger partial charge is 0.408 e. The summed E-state index contributed by atoms with van der Waals surface area (Å²) in [5.41, 5.74) is -1.53. The number of nitrogens with one attached hydrogen (secondary N) is 3. The van der Waals surface area contributed by atoms with E-state index in [1.54, 1.807) is 0 Å².